The molecule has 6 nitrogen and oxygen atoms in total. The molecule has 0 unspecified atom stereocenters. The third-order valence-electron chi connectivity index (χ3n) is 6.65. The minimum atomic E-state index is -3.55. The third-order valence-corrected chi connectivity index (χ3v) is 8.90. The third kappa shape index (κ3) is 3.89. The number of aryl methyl sites for hydroxylation is 3. The van der Waals surface area contributed by atoms with E-state index in [1.807, 2.05) is 6.92 Å². The summed E-state index contributed by atoms with van der Waals surface area (Å²) in [6, 6.07) is 8.40. The lowest BCUT2D eigenvalue weighted by Gasteiger charge is -2.37. The molecule has 2 fully saturated rings. The average molecular weight is 432 g/mol. The molecule has 7 heteroatoms. The van der Waals surface area contributed by atoms with Gasteiger partial charge in [0.2, 0.25) is 10.0 Å². The molecule has 2 aromatic rings. The quantitative estimate of drug-likeness (QED) is 0.661. The number of ether oxygens (including phenoxy) is 1. The molecule has 0 aliphatic carbocycles. The molecule has 0 radical (unpaired) electrons. The number of nitrogens with zero attached hydrogens (tertiary/aromatic N) is 3. The number of benzene rings is 1. The number of unbranched alkanes of at least 4 members (excludes halogenated alkanes) is 1. The van der Waals surface area contributed by atoms with Crippen molar-refractivity contribution in [1.82, 2.24) is 14.1 Å². The van der Waals surface area contributed by atoms with Crippen molar-refractivity contribution in [1.29, 1.82) is 0 Å². The summed E-state index contributed by atoms with van der Waals surface area (Å²) in [6.45, 7) is 5.81. The Morgan fingerprint density at radius 2 is 1.73 bits per heavy atom. The zero-order valence-electron chi connectivity index (χ0n) is 18.5. The second kappa shape index (κ2) is 8.35. The van der Waals surface area contributed by atoms with E-state index < -0.39 is 10.0 Å². The normalized spacial score (nSPS) is 24.3. The van der Waals surface area contributed by atoms with Crippen LogP contribution in [0.25, 0.3) is 0 Å². The van der Waals surface area contributed by atoms with E-state index in [9.17, 15) is 8.42 Å². The Hall–Kier alpha value is -1.86. The summed E-state index contributed by atoms with van der Waals surface area (Å²) in [5.41, 5.74) is 2.62. The first-order valence-electron chi connectivity index (χ1n) is 11.1. The first-order valence-corrected chi connectivity index (χ1v) is 12.5. The fraction of sp³-hybridized carbons (Fsp3) is 0.609. The van der Waals surface area contributed by atoms with Crippen LogP contribution in [0.3, 0.4) is 0 Å². The smallest absolute Gasteiger partial charge is 0.247 e. The zero-order chi connectivity index (χ0) is 21.5. The molecule has 30 heavy (non-hydrogen) atoms. The van der Waals surface area contributed by atoms with Crippen molar-refractivity contribution in [2.45, 2.75) is 88.8 Å². The molecule has 3 heterocycles. The van der Waals surface area contributed by atoms with Gasteiger partial charge in [0.05, 0.1) is 11.4 Å². The molecule has 0 saturated carbocycles. The molecule has 2 saturated heterocycles. The van der Waals surface area contributed by atoms with Crippen LogP contribution >= 0.6 is 0 Å². The molecular formula is C23H33N3O3S. The van der Waals surface area contributed by atoms with Gasteiger partial charge in [-0.1, -0.05) is 25.5 Å². The average Bonchev–Trinajstić information content (AvgIpc) is 3.14. The van der Waals surface area contributed by atoms with Crippen molar-refractivity contribution in [3.05, 3.63) is 41.2 Å². The molecule has 164 valence electrons. The number of hydrogen-bond donors (Lipinski definition) is 0. The van der Waals surface area contributed by atoms with Crippen molar-refractivity contribution in [3.63, 3.8) is 0 Å². The summed E-state index contributed by atoms with van der Waals surface area (Å²) >= 11 is 0. The van der Waals surface area contributed by atoms with E-state index in [1.54, 1.807) is 23.0 Å². The predicted octanol–water partition coefficient (Wildman–Crippen LogP) is 4.14. The van der Waals surface area contributed by atoms with Gasteiger partial charge in [-0.3, -0.25) is 4.68 Å². The largest absolute Gasteiger partial charge is 0.490 e. The number of piperidine rings is 1. The highest BCUT2D eigenvalue weighted by Crippen LogP contribution is 2.41. The van der Waals surface area contributed by atoms with Crippen LogP contribution in [0.2, 0.25) is 0 Å². The van der Waals surface area contributed by atoms with Crippen molar-refractivity contribution in [2.75, 3.05) is 0 Å². The van der Waals surface area contributed by atoms with E-state index in [-0.39, 0.29) is 18.2 Å². The Kier molecular flexibility index (Phi) is 5.95. The summed E-state index contributed by atoms with van der Waals surface area (Å²) in [5.74, 6) is 0.884. The molecule has 2 bridgehead atoms. The van der Waals surface area contributed by atoms with Gasteiger partial charge in [0, 0.05) is 32.0 Å². The monoisotopic (exact) mass is 431 g/mol. The first kappa shape index (κ1) is 21.4. The summed E-state index contributed by atoms with van der Waals surface area (Å²) in [6.07, 6.45) is 6.84. The van der Waals surface area contributed by atoms with Crippen LogP contribution in [0.1, 0.15) is 62.4 Å². The maximum absolute atomic E-state index is 13.5. The number of fused-ring (bicyclic) bond motifs is 2. The Morgan fingerprint density at radius 3 is 2.27 bits per heavy atom. The standard InChI is InChI=1S/C23H33N3O3S/c1-5-6-7-18-8-12-21(13-9-18)29-22-14-19-10-11-20(15-22)26(19)30(27,28)23-16(2)24-25(4)17(23)3/h8-9,12-13,19-20,22H,5-7,10-11,14-15H2,1-4H3/t19-,20+,22+. The Labute approximate surface area is 180 Å². The fourth-order valence-electron chi connectivity index (χ4n) is 5.11. The van der Waals surface area contributed by atoms with Gasteiger partial charge < -0.3 is 4.74 Å². The van der Waals surface area contributed by atoms with E-state index in [0.717, 1.165) is 37.9 Å². The van der Waals surface area contributed by atoms with Crippen molar-refractivity contribution in [3.8, 4) is 5.75 Å². The molecule has 2 aliphatic rings. The van der Waals surface area contributed by atoms with E-state index in [0.29, 0.717) is 16.3 Å². The SMILES string of the molecule is CCCCc1ccc(O[C@H]2C[C@H]3CC[C@@H](C2)N3S(=O)(=O)c2c(C)nn(C)c2C)cc1. The molecule has 1 aromatic carbocycles. The lowest BCUT2D eigenvalue weighted by Crippen LogP contribution is -2.49. The molecule has 4 rings (SSSR count). The van der Waals surface area contributed by atoms with Gasteiger partial charge in [-0.2, -0.15) is 9.40 Å². The summed E-state index contributed by atoms with van der Waals surface area (Å²) in [7, 11) is -1.76. The van der Waals surface area contributed by atoms with Gasteiger partial charge in [-0.15, -0.1) is 0 Å². The minimum Gasteiger partial charge on any atom is -0.490 e. The summed E-state index contributed by atoms with van der Waals surface area (Å²) in [5, 5.41) is 4.32. The Morgan fingerprint density at radius 1 is 1.10 bits per heavy atom. The number of rotatable bonds is 7. The molecule has 2 aliphatic heterocycles. The zero-order valence-corrected chi connectivity index (χ0v) is 19.3. The van der Waals surface area contributed by atoms with Crippen LogP contribution in [0.15, 0.2) is 29.2 Å². The summed E-state index contributed by atoms with van der Waals surface area (Å²) in [4.78, 5) is 0.379. The highest BCUT2D eigenvalue weighted by atomic mass is 32.2. The van der Waals surface area contributed by atoms with Gasteiger partial charge in [0.25, 0.3) is 0 Å². The van der Waals surface area contributed by atoms with Gasteiger partial charge in [-0.25, -0.2) is 8.42 Å². The Balaban J connectivity index is 1.47. The second-order valence-corrected chi connectivity index (χ2v) is 10.6. The molecular weight excluding hydrogens is 398 g/mol. The van der Waals surface area contributed by atoms with Gasteiger partial charge in [0.1, 0.15) is 16.7 Å². The van der Waals surface area contributed by atoms with E-state index in [2.05, 4.69) is 36.3 Å². The fourth-order valence-corrected chi connectivity index (χ4v) is 7.41. The molecule has 3 atom stereocenters. The predicted molar refractivity (Wildman–Crippen MR) is 117 cm³/mol. The van der Waals surface area contributed by atoms with Crippen LogP contribution in [0, 0.1) is 13.8 Å². The van der Waals surface area contributed by atoms with Crippen LogP contribution in [-0.4, -0.2) is 40.7 Å². The van der Waals surface area contributed by atoms with Crippen LogP contribution in [-0.2, 0) is 23.5 Å². The lowest BCUT2D eigenvalue weighted by atomic mass is 10.0. The van der Waals surface area contributed by atoms with E-state index in [1.165, 1.54) is 18.4 Å². The molecule has 1 aromatic heterocycles. The van der Waals surface area contributed by atoms with Crippen LogP contribution in [0.4, 0.5) is 0 Å². The number of sulfonamides is 1. The molecule has 0 amide bonds. The molecule has 0 spiro atoms. The van der Waals surface area contributed by atoms with Crippen molar-refractivity contribution in [2.24, 2.45) is 7.05 Å². The number of aromatic nitrogens is 2. The highest BCUT2D eigenvalue weighted by Gasteiger charge is 2.49. The minimum absolute atomic E-state index is 0.00147. The maximum atomic E-state index is 13.5. The van der Waals surface area contributed by atoms with E-state index in [4.69, 9.17) is 4.74 Å². The first-order chi connectivity index (χ1) is 14.3. The molecule has 0 N–H and O–H groups in total. The maximum Gasteiger partial charge on any atom is 0.247 e. The topological polar surface area (TPSA) is 64.4 Å². The highest BCUT2D eigenvalue weighted by molar-refractivity contribution is 7.89. The van der Waals surface area contributed by atoms with Crippen LogP contribution < -0.4 is 4.74 Å². The number of hydrogen-bond acceptors (Lipinski definition) is 4. The lowest BCUT2D eigenvalue weighted by molar-refractivity contribution is 0.0956. The van der Waals surface area contributed by atoms with Gasteiger partial charge in [0.15, 0.2) is 0 Å². The van der Waals surface area contributed by atoms with Crippen molar-refractivity contribution >= 4 is 10.0 Å². The van der Waals surface area contributed by atoms with E-state index >= 15 is 0 Å². The Bertz CT molecular complexity index is 983. The van der Waals surface area contributed by atoms with Crippen molar-refractivity contribution < 1.29 is 13.2 Å². The second-order valence-electron chi connectivity index (χ2n) is 8.80. The van der Waals surface area contributed by atoms with Gasteiger partial charge >= 0.3 is 0 Å². The van der Waals surface area contributed by atoms with Gasteiger partial charge in [-0.05, 0) is 57.2 Å². The van der Waals surface area contributed by atoms with Crippen LogP contribution in [0.5, 0.6) is 5.75 Å². The summed E-state index contributed by atoms with van der Waals surface area (Å²) < 4.78 is 36.7.